The van der Waals surface area contributed by atoms with Crippen LogP contribution in [0.5, 0.6) is 0 Å². The molecule has 0 aliphatic carbocycles. The lowest BCUT2D eigenvalue weighted by Gasteiger charge is -2.19. The molecule has 0 saturated carbocycles. The molecule has 0 radical (unpaired) electrons. The molecule has 0 bridgehead atoms. The quantitative estimate of drug-likeness (QED) is 0.500. The number of hydrogen-bond donors (Lipinski definition) is 1. The van der Waals surface area contributed by atoms with Gasteiger partial charge in [-0.25, -0.2) is 4.79 Å². The summed E-state index contributed by atoms with van der Waals surface area (Å²) < 4.78 is 4.51. The molecule has 0 aliphatic heterocycles. The minimum atomic E-state index is -1.32. The van der Waals surface area contributed by atoms with Crippen molar-refractivity contribution in [2.24, 2.45) is 0 Å². The fraction of sp³-hybridized carbons (Fsp3) is 0.167. The van der Waals surface area contributed by atoms with Gasteiger partial charge in [-0.15, -0.1) is 0 Å². The number of hydrogen-bond acceptors (Lipinski definition) is 4. The predicted molar refractivity (Wildman–Crippen MR) is 84.7 cm³/mol. The van der Waals surface area contributed by atoms with Crippen LogP contribution in [-0.4, -0.2) is 31.3 Å². The molecular weight excluding hydrogens is 294 g/mol. The van der Waals surface area contributed by atoms with E-state index < -0.39 is 23.8 Å². The number of rotatable bonds is 6. The number of amides is 1. The van der Waals surface area contributed by atoms with Crippen LogP contribution in [0.25, 0.3) is 0 Å². The second kappa shape index (κ2) is 7.89. The number of carbonyl (C=O) groups excluding carboxylic acids is 3. The Morgan fingerprint density at radius 1 is 0.957 bits per heavy atom. The molecule has 0 saturated heterocycles. The van der Waals surface area contributed by atoms with E-state index in [9.17, 15) is 14.4 Å². The zero-order valence-corrected chi connectivity index (χ0v) is 12.6. The van der Waals surface area contributed by atoms with E-state index in [1.165, 1.54) is 0 Å². The fourth-order valence-electron chi connectivity index (χ4n) is 2.30. The van der Waals surface area contributed by atoms with E-state index in [1.54, 1.807) is 0 Å². The summed E-state index contributed by atoms with van der Waals surface area (Å²) in [4.78, 5) is 35.2. The summed E-state index contributed by atoms with van der Waals surface area (Å²) in [5.74, 6) is -1.86. The summed E-state index contributed by atoms with van der Waals surface area (Å²) in [5, 5.41) is 2.43. The minimum Gasteiger partial charge on any atom is -0.467 e. The predicted octanol–water partition coefficient (Wildman–Crippen LogP) is 1.68. The Hall–Kier alpha value is -2.95. The van der Waals surface area contributed by atoms with Crippen molar-refractivity contribution in [1.29, 1.82) is 0 Å². The van der Waals surface area contributed by atoms with Crippen LogP contribution in [0.3, 0.4) is 0 Å². The third kappa shape index (κ3) is 4.03. The molecule has 0 aromatic heterocycles. The first-order valence-electron chi connectivity index (χ1n) is 7.10. The van der Waals surface area contributed by atoms with E-state index in [1.807, 2.05) is 60.7 Å². The van der Waals surface area contributed by atoms with Crippen LogP contribution in [-0.2, 0) is 19.1 Å². The molecule has 5 heteroatoms. The third-order valence-corrected chi connectivity index (χ3v) is 3.42. The maximum Gasteiger partial charge on any atom is 0.335 e. The molecule has 0 aliphatic rings. The molecule has 2 aromatic carbocycles. The van der Waals surface area contributed by atoms with Gasteiger partial charge in [0, 0.05) is 0 Å². The molecule has 2 aromatic rings. The lowest BCUT2D eigenvalue weighted by molar-refractivity contribution is -0.146. The molecule has 23 heavy (non-hydrogen) atoms. The highest BCUT2D eigenvalue weighted by molar-refractivity contribution is 5.98. The smallest absolute Gasteiger partial charge is 0.335 e. The van der Waals surface area contributed by atoms with Crippen LogP contribution in [0.1, 0.15) is 17.0 Å². The Balaban J connectivity index is 2.33. The highest BCUT2D eigenvalue weighted by Gasteiger charge is 2.27. The molecular formula is C18H17NO4. The van der Waals surface area contributed by atoms with E-state index in [0.717, 1.165) is 18.2 Å². The molecule has 118 valence electrons. The Morgan fingerprint density at radius 3 is 1.83 bits per heavy atom. The first-order valence-corrected chi connectivity index (χ1v) is 7.10. The number of carbonyl (C=O) groups is 3. The zero-order valence-electron chi connectivity index (χ0n) is 12.6. The van der Waals surface area contributed by atoms with Crippen molar-refractivity contribution in [3.8, 4) is 0 Å². The lowest BCUT2D eigenvalue weighted by Crippen LogP contribution is -2.44. The summed E-state index contributed by atoms with van der Waals surface area (Å²) in [5.41, 5.74) is 1.54. The summed E-state index contributed by atoms with van der Waals surface area (Å²) in [7, 11) is 1.16. The second-order valence-corrected chi connectivity index (χ2v) is 4.90. The third-order valence-electron chi connectivity index (χ3n) is 3.42. The van der Waals surface area contributed by atoms with Crippen LogP contribution >= 0.6 is 0 Å². The molecule has 1 atom stereocenters. The Kier molecular flexibility index (Phi) is 5.63. The SMILES string of the molecule is COC(=O)C(C=O)NC(=O)C(c1ccccc1)c1ccccc1. The molecule has 1 amide bonds. The van der Waals surface area contributed by atoms with E-state index in [-0.39, 0.29) is 0 Å². The van der Waals surface area contributed by atoms with Crippen LogP contribution in [0.2, 0.25) is 0 Å². The van der Waals surface area contributed by atoms with Crippen LogP contribution < -0.4 is 5.32 Å². The van der Waals surface area contributed by atoms with E-state index >= 15 is 0 Å². The number of aldehydes is 1. The van der Waals surface area contributed by atoms with Gasteiger partial charge in [0.2, 0.25) is 5.91 Å². The van der Waals surface area contributed by atoms with Gasteiger partial charge >= 0.3 is 5.97 Å². The molecule has 1 unspecified atom stereocenters. The van der Waals surface area contributed by atoms with Crippen LogP contribution in [0, 0.1) is 0 Å². The number of benzene rings is 2. The largest absolute Gasteiger partial charge is 0.467 e. The van der Waals surface area contributed by atoms with Gasteiger partial charge in [0.05, 0.1) is 13.0 Å². The zero-order chi connectivity index (χ0) is 16.7. The van der Waals surface area contributed by atoms with Gasteiger partial charge in [0.25, 0.3) is 0 Å². The average molecular weight is 311 g/mol. The van der Waals surface area contributed by atoms with Crippen molar-refractivity contribution in [1.82, 2.24) is 5.32 Å². The fourth-order valence-corrected chi connectivity index (χ4v) is 2.30. The Labute approximate surface area is 134 Å². The van der Waals surface area contributed by atoms with Gasteiger partial charge < -0.3 is 14.8 Å². The van der Waals surface area contributed by atoms with Crippen LogP contribution in [0.15, 0.2) is 60.7 Å². The van der Waals surface area contributed by atoms with Gasteiger partial charge in [0.1, 0.15) is 0 Å². The molecule has 2 rings (SSSR count). The maximum absolute atomic E-state index is 12.7. The van der Waals surface area contributed by atoms with Crippen molar-refractivity contribution in [3.63, 3.8) is 0 Å². The second-order valence-electron chi connectivity index (χ2n) is 4.90. The number of methoxy groups -OCH3 is 1. The number of ether oxygens (including phenoxy) is 1. The summed E-state index contributed by atoms with van der Waals surface area (Å²) in [6.45, 7) is 0. The minimum absolute atomic E-state index is 0.358. The monoisotopic (exact) mass is 311 g/mol. The summed E-state index contributed by atoms with van der Waals surface area (Å²) in [6, 6.07) is 17.0. The van der Waals surface area contributed by atoms with Crippen molar-refractivity contribution >= 4 is 18.2 Å². The highest BCUT2D eigenvalue weighted by Crippen LogP contribution is 2.24. The Morgan fingerprint density at radius 2 is 1.43 bits per heavy atom. The van der Waals surface area contributed by atoms with E-state index in [0.29, 0.717) is 6.29 Å². The maximum atomic E-state index is 12.7. The van der Waals surface area contributed by atoms with Crippen molar-refractivity contribution in [2.45, 2.75) is 12.0 Å². The van der Waals surface area contributed by atoms with Gasteiger partial charge in [-0.1, -0.05) is 60.7 Å². The van der Waals surface area contributed by atoms with Crippen molar-refractivity contribution in [3.05, 3.63) is 71.8 Å². The number of esters is 1. The molecule has 0 heterocycles. The normalized spacial score (nSPS) is 11.6. The van der Waals surface area contributed by atoms with Crippen LogP contribution in [0.4, 0.5) is 0 Å². The van der Waals surface area contributed by atoms with E-state index in [4.69, 9.17) is 0 Å². The first kappa shape index (κ1) is 16.4. The van der Waals surface area contributed by atoms with Gasteiger partial charge in [-0.2, -0.15) is 0 Å². The van der Waals surface area contributed by atoms with E-state index in [2.05, 4.69) is 10.1 Å². The molecule has 5 nitrogen and oxygen atoms in total. The van der Waals surface area contributed by atoms with Gasteiger partial charge in [0.15, 0.2) is 12.3 Å². The van der Waals surface area contributed by atoms with Crippen molar-refractivity contribution in [2.75, 3.05) is 7.11 Å². The topological polar surface area (TPSA) is 72.5 Å². The molecule has 1 N–H and O–H groups in total. The summed E-state index contributed by atoms with van der Waals surface area (Å²) in [6.07, 6.45) is 0.358. The average Bonchev–Trinajstić information content (AvgIpc) is 2.61. The molecule has 0 spiro atoms. The number of nitrogens with one attached hydrogen (secondary N) is 1. The summed E-state index contributed by atoms with van der Waals surface area (Å²) >= 11 is 0. The lowest BCUT2D eigenvalue weighted by atomic mass is 9.90. The van der Waals surface area contributed by atoms with Gasteiger partial charge in [-0.3, -0.25) is 4.79 Å². The Bertz CT molecular complexity index is 630. The van der Waals surface area contributed by atoms with Crippen molar-refractivity contribution < 1.29 is 19.1 Å². The highest BCUT2D eigenvalue weighted by atomic mass is 16.5. The molecule has 0 fully saturated rings. The van der Waals surface area contributed by atoms with Gasteiger partial charge in [-0.05, 0) is 11.1 Å². The first-order chi connectivity index (χ1) is 11.2. The standard InChI is InChI=1S/C18H17NO4/c1-23-18(22)15(12-20)19-17(21)16(13-8-4-2-5-9-13)14-10-6-3-7-11-14/h2-12,15-16H,1H3,(H,19,21).